The number of ketones is 1. The van der Waals surface area contributed by atoms with Crippen LogP contribution >= 0.6 is 0 Å². The van der Waals surface area contributed by atoms with Crippen molar-refractivity contribution in [3.63, 3.8) is 0 Å². The quantitative estimate of drug-likeness (QED) is 0.161. The first-order chi connectivity index (χ1) is 20.6. The number of Topliss-reactive ketones (excluding diaryl/α,β-unsaturated/α-hetero) is 1. The Kier molecular flexibility index (Phi) is 7.47. The van der Waals surface area contributed by atoms with Gasteiger partial charge in [0.25, 0.3) is 0 Å². The Hall–Kier alpha value is -2.28. The van der Waals surface area contributed by atoms with E-state index in [4.69, 9.17) is 4.74 Å². The zero-order valence-electron chi connectivity index (χ0n) is 27.9. The summed E-state index contributed by atoms with van der Waals surface area (Å²) in [7, 11) is 1.56. The lowest BCUT2D eigenvalue weighted by atomic mass is 9.32. The molecule has 0 spiro atoms. The van der Waals surface area contributed by atoms with E-state index in [9.17, 15) is 20.0 Å². The number of hydrogen-bond donors (Lipinski definition) is 2. The summed E-state index contributed by atoms with van der Waals surface area (Å²) in [5.74, 6) is 2.00. The van der Waals surface area contributed by atoms with Crippen molar-refractivity contribution in [2.45, 2.75) is 99.3 Å². The molecule has 2 N–H and O–H groups in total. The molecule has 0 bridgehead atoms. The molecule has 6 heteroatoms. The molecule has 0 aliphatic heterocycles. The highest BCUT2D eigenvalue weighted by molar-refractivity contribution is 6.04. The van der Waals surface area contributed by atoms with Crippen molar-refractivity contribution < 1.29 is 24.8 Å². The highest BCUT2D eigenvalue weighted by atomic mass is 16.8. The summed E-state index contributed by atoms with van der Waals surface area (Å²) in [6.07, 6.45) is 10.9. The van der Waals surface area contributed by atoms with Gasteiger partial charge in [-0.1, -0.05) is 58.9 Å². The normalized spacial score (nSPS) is 44.2. The third-order valence-electron chi connectivity index (χ3n) is 14.7. The second-order valence-electron chi connectivity index (χ2n) is 16.7. The Labute approximate surface area is 263 Å². The van der Waals surface area contributed by atoms with Gasteiger partial charge >= 0.3 is 5.97 Å². The summed E-state index contributed by atoms with van der Waals surface area (Å²) >= 11 is 0. The maximum absolute atomic E-state index is 14.1. The number of ether oxygens (including phenoxy) is 1. The monoisotopic (exact) mass is 603 g/mol. The molecule has 5 saturated carbocycles. The average molecular weight is 604 g/mol. The van der Waals surface area contributed by atoms with Gasteiger partial charge in [-0.15, -0.1) is 0 Å². The van der Waals surface area contributed by atoms with Gasteiger partial charge in [-0.2, -0.15) is 5.23 Å². The SMILES string of the molecule is C=C(C)[C@H]1CC[C@@]2(C(=O)OC)CC[C@]3(C)[C@@H](CC[C@H]4[C@@]5(C)CC(=Cc6cccc([NH+]([O-])O)c6)C(=O)C(C)(C)[C@@H]5CC[C@]43C)[C@H]12. The van der Waals surface area contributed by atoms with Crippen molar-refractivity contribution in [1.29, 1.82) is 0 Å². The van der Waals surface area contributed by atoms with Crippen LogP contribution in [0.4, 0.5) is 5.69 Å². The average Bonchev–Trinajstić information content (AvgIpc) is 3.37. The topological polar surface area (TPSA) is 91.1 Å². The number of benzene rings is 1. The molecule has 10 atom stereocenters. The van der Waals surface area contributed by atoms with Gasteiger partial charge in [0, 0.05) is 17.5 Å². The van der Waals surface area contributed by atoms with Gasteiger partial charge in [0.2, 0.25) is 0 Å². The van der Waals surface area contributed by atoms with E-state index in [-0.39, 0.29) is 45.5 Å². The van der Waals surface area contributed by atoms with Gasteiger partial charge in [-0.3, -0.25) is 9.59 Å². The predicted molar refractivity (Wildman–Crippen MR) is 172 cm³/mol. The molecule has 44 heavy (non-hydrogen) atoms. The summed E-state index contributed by atoms with van der Waals surface area (Å²) in [6.45, 7) is 18.5. The van der Waals surface area contributed by atoms with Crippen LogP contribution in [0.1, 0.15) is 105 Å². The fourth-order valence-electron chi connectivity index (χ4n) is 12.6. The Bertz CT molecular complexity index is 1410. The van der Waals surface area contributed by atoms with Crippen molar-refractivity contribution in [2.75, 3.05) is 7.11 Å². The zero-order chi connectivity index (χ0) is 32.0. The number of nitrogens with one attached hydrogen (secondary N) is 1. The lowest BCUT2D eigenvalue weighted by Gasteiger charge is -2.72. The van der Waals surface area contributed by atoms with Crippen molar-refractivity contribution in [3.05, 3.63) is 52.8 Å². The van der Waals surface area contributed by atoms with Gasteiger partial charge in [0.15, 0.2) is 11.5 Å². The second-order valence-corrected chi connectivity index (χ2v) is 16.7. The van der Waals surface area contributed by atoms with Crippen LogP contribution in [-0.2, 0) is 14.3 Å². The molecule has 1 unspecified atom stereocenters. The van der Waals surface area contributed by atoms with Gasteiger partial charge in [0.05, 0.1) is 12.5 Å². The minimum absolute atomic E-state index is 0.00876. The van der Waals surface area contributed by atoms with Crippen molar-refractivity contribution in [3.8, 4) is 0 Å². The highest BCUT2D eigenvalue weighted by Gasteiger charge is 2.72. The van der Waals surface area contributed by atoms with Crippen molar-refractivity contribution in [2.24, 2.45) is 56.7 Å². The molecule has 5 aliphatic carbocycles. The van der Waals surface area contributed by atoms with E-state index in [1.165, 1.54) is 5.57 Å². The third-order valence-corrected chi connectivity index (χ3v) is 14.7. The van der Waals surface area contributed by atoms with E-state index in [0.29, 0.717) is 17.8 Å². The minimum atomic E-state index is -0.958. The number of carbonyl (C=O) groups is 2. The van der Waals surface area contributed by atoms with Crippen LogP contribution in [0.2, 0.25) is 0 Å². The molecule has 6 nitrogen and oxygen atoms in total. The summed E-state index contributed by atoms with van der Waals surface area (Å²) < 4.78 is 5.53. The number of hydrogen-bond acceptors (Lipinski definition) is 5. The maximum Gasteiger partial charge on any atom is 0.312 e. The lowest BCUT2D eigenvalue weighted by Crippen LogP contribution is -2.99. The van der Waals surface area contributed by atoms with Gasteiger partial charge in [0.1, 0.15) is 0 Å². The van der Waals surface area contributed by atoms with Crippen molar-refractivity contribution in [1.82, 2.24) is 0 Å². The van der Waals surface area contributed by atoms with E-state index in [2.05, 4.69) is 48.1 Å². The molecule has 0 saturated heterocycles. The van der Waals surface area contributed by atoms with Crippen LogP contribution in [0, 0.1) is 61.9 Å². The molecule has 6 rings (SSSR count). The van der Waals surface area contributed by atoms with Gasteiger partial charge < -0.3 is 9.94 Å². The van der Waals surface area contributed by atoms with E-state index >= 15 is 0 Å². The van der Waals surface area contributed by atoms with E-state index in [1.54, 1.807) is 25.3 Å². The van der Waals surface area contributed by atoms with Crippen LogP contribution < -0.4 is 5.23 Å². The summed E-state index contributed by atoms with van der Waals surface area (Å²) in [5.41, 5.74) is 2.27. The van der Waals surface area contributed by atoms with Gasteiger partial charge in [-0.05, 0) is 128 Å². The smallest absolute Gasteiger partial charge is 0.312 e. The highest BCUT2D eigenvalue weighted by Crippen LogP contribution is 2.77. The van der Waals surface area contributed by atoms with Crippen LogP contribution in [0.15, 0.2) is 42.0 Å². The zero-order valence-corrected chi connectivity index (χ0v) is 27.9. The number of allylic oxidation sites excluding steroid dienone is 2. The molecule has 5 fully saturated rings. The number of carbonyl (C=O) groups excluding carboxylic acids is 2. The third kappa shape index (κ3) is 4.15. The van der Waals surface area contributed by atoms with Gasteiger partial charge in [-0.25, -0.2) is 5.21 Å². The Balaban J connectivity index is 1.41. The van der Waals surface area contributed by atoms with E-state index in [0.717, 1.165) is 68.9 Å². The Morgan fingerprint density at radius 2 is 1.75 bits per heavy atom. The molecule has 1 aromatic rings. The van der Waals surface area contributed by atoms with Crippen LogP contribution in [-0.4, -0.2) is 24.1 Å². The summed E-state index contributed by atoms with van der Waals surface area (Å²) in [5, 5.41) is 20.3. The maximum atomic E-state index is 14.1. The van der Waals surface area contributed by atoms with Crippen LogP contribution in [0.5, 0.6) is 0 Å². The van der Waals surface area contributed by atoms with E-state index in [1.807, 2.05) is 12.1 Å². The first kappa shape index (κ1) is 31.7. The summed E-state index contributed by atoms with van der Waals surface area (Å²) in [4.78, 5) is 27.7. The van der Waals surface area contributed by atoms with Crippen LogP contribution in [0.3, 0.4) is 0 Å². The number of rotatable bonds is 4. The standard InChI is InChI=1S/C38H53NO5/c1-23(2)27-14-17-38(33(41)44-8)19-18-36(6)28(31(27)38)12-13-30-35(5)22-25(20-24-10-9-11-26(21-24)39(42)43)32(40)34(3,4)29(35)15-16-37(30,36)7/h9-11,20-21,27-31,39,42H,1,12-19,22H2,2-8H3/t27-,28+,29+,30+,31+,35+,36-,37-,38-/m1/s1. The molecule has 0 heterocycles. The van der Waals surface area contributed by atoms with Crippen molar-refractivity contribution >= 4 is 23.5 Å². The first-order valence-corrected chi connectivity index (χ1v) is 16.9. The lowest BCUT2D eigenvalue weighted by molar-refractivity contribution is -0.991. The number of fused-ring (bicyclic) bond motifs is 7. The fraction of sp³-hybridized carbons (Fsp3) is 0.684. The molecule has 0 radical (unpaired) electrons. The molecular formula is C38H53NO5. The second kappa shape index (κ2) is 10.4. The molecule has 5 aliphatic rings. The Morgan fingerprint density at radius 3 is 2.41 bits per heavy atom. The van der Waals surface area contributed by atoms with Crippen LogP contribution in [0.25, 0.3) is 6.08 Å². The predicted octanol–water partition coefficient (Wildman–Crippen LogP) is 7.48. The molecule has 0 aromatic heterocycles. The first-order valence-electron chi connectivity index (χ1n) is 16.9. The minimum Gasteiger partial charge on any atom is -0.595 e. The Morgan fingerprint density at radius 1 is 1.02 bits per heavy atom. The number of quaternary nitrogens is 1. The number of methoxy groups -OCH3 is 1. The largest absolute Gasteiger partial charge is 0.595 e. The molecular weight excluding hydrogens is 550 g/mol. The summed E-state index contributed by atoms with van der Waals surface area (Å²) in [6, 6.07) is 6.94. The molecule has 240 valence electrons. The number of esters is 1. The fourth-order valence-corrected chi connectivity index (χ4v) is 12.6. The molecule has 1 aromatic carbocycles. The molecule has 0 amide bonds. The van der Waals surface area contributed by atoms with E-state index < -0.39 is 16.1 Å².